The van der Waals surface area contributed by atoms with E-state index in [0.29, 0.717) is 32.1 Å². The van der Waals surface area contributed by atoms with E-state index < -0.39 is 6.10 Å². The molecule has 12 nitrogen and oxygen atoms in total. The lowest BCUT2D eigenvalue weighted by Gasteiger charge is -2.32. The number of aromatic nitrogens is 3. The fraction of sp³-hybridized carbons (Fsp3) is 0.500. The molecule has 43 heavy (non-hydrogen) atoms. The van der Waals surface area contributed by atoms with Gasteiger partial charge in [-0.15, -0.1) is 0 Å². The summed E-state index contributed by atoms with van der Waals surface area (Å²) in [5, 5.41) is 16.8. The molecule has 0 unspecified atom stereocenters. The molecule has 4 heterocycles. The fourth-order valence-electron chi connectivity index (χ4n) is 5.57. The number of nitrogens with zero attached hydrogens (tertiary/aromatic N) is 5. The van der Waals surface area contributed by atoms with Gasteiger partial charge in [-0.2, -0.15) is 13.5 Å². The second-order valence-electron chi connectivity index (χ2n) is 11.0. The van der Waals surface area contributed by atoms with Gasteiger partial charge in [-0.3, -0.25) is 14.5 Å². The van der Waals surface area contributed by atoms with E-state index in [9.17, 15) is 14.7 Å². The van der Waals surface area contributed by atoms with Crippen molar-refractivity contribution in [2.45, 2.75) is 65.3 Å². The molecule has 232 valence electrons. The lowest BCUT2D eigenvalue weighted by atomic mass is 9.94. The van der Waals surface area contributed by atoms with Crippen molar-refractivity contribution in [3.63, 3.8) is 0 Å². The van der Waals surface area contributed by atoms with Gasteiger partial charge in [-0.25, -0.2) is 15.0 Å². The molecule has 1 saturated heterocycles. The van der Waals surface area contributed by atoms with Crippen LogP contribution in [-0.2, 0) is 24.4 Å². The predicted molar refractivity (Wildman–Crippen MR) is 165 cm³/mol. The van der Waals surface area contributed by atoms with Crippen molar-refractivity contribution in [2.75, 3.05) is 38.0 Å². The van der Waals surface area contributed by atoms with E-state index >= 15 is 0 Å². The average Bonchev–Trinajstić information content (AvgIpc) is 3.40. The van der Waals surface area contributed by atoms with Crippen LogP contribution in [0.3, 0.4) is 0 Å². The number of aryl methyl sites for hydroxylation is 1. The van der Waals surface area contributed by atoms with Crippen molar-refractivity contribution in [1.82, 2.24) is 30.1 Å². The number of fused-ring (bicyclic) bond motifs is 1. The highest BCUT2D eigenvalue weighted by molar-refractivity contribution is 7.59. The van der Waals surface area contributed by atoms with Crippen LogP contribution in [0.2, 0.25) is 0 Å². The zero-order valence-electron chi connectivity index (χ0n) is 24.9. The van der Waals surface area contributed by atoms with Crippen LogP contribution in [0.15, 0.2) is 35.3 Å². The van der Waals surface area contributed by atoms with E-state index in [2.05, 4.69) is 43.5 Å². The zero-order chi connectivity index (χ0) is 29.6. The first-order chi connectivity index (χ1) is 20.3. The number of hydrogen-bond acceptors (Lipinski definition) is 10. The minimum absolute atomic E-state index is 0. The third-order valence-electron chi connectivity index (χ3n) is 8.08. The number of aliphatic hydroxyl groups excluding tert-OH is 1. The first-order valence-electron chi connectivity index (χ1n) is 14.4. The Kier molecular flexibility index (Phi) is 11.0. The molecular weight excluding hydrogens is 570 g/mol. The van der Waals surface area contributed by atoms with Crippen molar-refractivity contribution < 1.29 is 23.8 Å². The molecular formula is C30H41N7O5S. The number of rotatable bonds is 10. The van der Waals surface area contributed by atoms with Crippen LogP contribution in [0, 0.1) is 13.8 Å². The summed E-state index contributed by atoms with van der Waals surface area (Å²) in [7, 11) is 0. The molecule has 3 aromatic rings. The number of nitrogens with one attached hydrogen (secondary N) is 2. The van der Waals surface area contributed by atoms with Gasteiger partial charge in [0.1, 0.15) is 30.2 Å². The first kappa shape index (κ1) is 32.2. The van der Waals surface area contributed by atoms with E-state index in [-0.39, 0.29) is 43.6 Å². The Morgan fingerprint density at radius 2 is 1.95 bits per heavy atom. The smallest absolute Gasteiger partial charge is 0.270 e. The standard InChI is InChI=1S/C30H39N7O5.H2S/c1-19-25-8-9-36(14-22(25)4-5-27(19)41-16-28-20(2)34-18-42-28)15-24(39)13-31-30(40)26-12-29(33-17-32-26)35-23-6-10-37(11-7-23)21(3)38;/h4-5,12,17-18,23-24,39H,6-11,13-16H2,1-3H3,(H,31,40)(H,32,33,35);1H2/t24-;/m0./s1. The average molecular weight is 612 g/mol. The number of benzene rings is 1. The summed E-state index contributed by atoms with van der Waals surface area (Å²) in [5.41, 5.74) is 4.68. The van der Waals surface area contributed by atoms with Gasteiger partial charge >= 0.3 is 0 Å². The Morgan fingerprint density at radius 1 is 1.16 bits per heavy atom. The van der Waals surface area contributed by atoms with E-state index in [1.165, 1.54) is 23.8 Å². The van der Waals surface area contributed by atoms with Crippen LogP contribution in [0.1, 0.15) is 58.4 Å². The van der Waals surface area contributed by atoms with Crippen LogP contribution >= 0.6 is 13.5 Å². The van der Waals surface area contributed by atoms with E-state index in [4.69, 9.17) is 9.15 Å². The van der Waals surface area contributed by atoms with Gasteiger partial charge in [-0.1, -0.05) is 6.07 Å². The second kappa shape index (κ2) is 14.7. The molecule has 0 saturated carbocycles. The number of carbonyl (C=O) groups excluding carboxylic acids is 2. The molecule has 1 aromatic carbocycles. The van der Waals surface area contributed by atoms with Crippen LogP contribution in [-0.4, -0.2) is 86.5 Å². The highest BCUT2D eigenvalue weighted by atomic mass is 32.1. The Balaban J connectivity index is 0.00000423. The van der Waals surface area contributed by atoms with Gasteiger partial charge < -0.3 is 29.8 Å². The lowest BCUT2D eigenvalue weighted by Crippen LogP contribution is -2.42. The van der Waals surface area contributed by atoms with Crippen molar-refractivity contribution >= 4 is 31.1 Å². The molecule has 0 spiro atoms. The van der Waals surface area contributed by atoms with Gasteiger partial charge in [0.2, 0.25) is 5.91 Å². The minimum Gasteiger partial charge on any atom is -0.485 e. The number of likely N-dealkylation sites (tertiary alicyclic amines) is 1. The minimum atomic E-state index is -0.727. The fourth-order valence-corrected chi connectivity index (χ4v) is 5.57. The Bertz CT molecular complexity index is 1410. The number of oxazole rings is 1. The Labute approximate surface area is 258 Å². The van der Waals surface area contributed by atoms with E-state index in [1.807, 2.05) is 17.9 Å². The van der Waals surface area contributed by atoms with Crippen molar-refractivity contribution in [1.29, 1.82) is 0 Å². The summed E-state index contributed by atoms with van der Waals surface area (Å²) in [6, 6.07) is 5.86. The number of β-amino-alcohol motifs (C(OH)–C–C–N with tert-alkyl or cyclic N) is 1. The molecule has 1 fully saturated rings. The first-order valence-corrected chi connectivity index (χ1v) is 14.4. The molecule has 0 aliphatic carbocycles. The highest BCUT2D eigenvalue weighted by Gasteiger charge is 2.23. The zero-order valence-corrected chi connectivity index (χ0v) is 25.9. The van der Waals surface area contributed by atoms with Crippen LogP contribution < -0.4 is 15.4 Å². The Hall–Kier alpha value is -3.68. The van der Waals surface area contributed by atoms with Gasteiger partial charge in [0, 0.05) is 58.3 Å². The number of amides is 2. The molecule has 2 aromatic heterocycles. The van der Waals surface area contributed by atoms with Crippen LogP contribution in [0.25, 0.3) is 0 Å². The summed E-state index contributed by atoms with van der Waals surface area (Å²) < 4.78 is 11.4. The summed E-state index contributed by atoms with van der Waals surface area (Å²) in [4.78, 5) is 40.8. The monoisotopic (exact) mass is 611 g/mol. The molecule has 1 atom stereocenters. The van der Waals surface area contributed by atoms with Crippen LogP contribution in [0.4, 0.5) is 5.82 Å². The third-order valence-corrected chi connectivity index (χ3v) is 8.08. The van der Waals surface area contributed by atoms with Crippen molar-refractivity contribution in [2.24, 2.45) is 0 Å². The molecule has 2 amide bonds. The van der Waals surface area contributed by atoms with Crippen molar-refractivity contribution in [3.8, 4) is 5.75 Å². The second-order valence-corrected chi connectivity index (χ2v) is 11.0. The maximum absolute atomic E-state index is 12.8. The topological polar surface area (TPSA) is 146 Å². The largest absolute Gasteiger partial charge is 0.485 e. The maximum atomic E-state index is 12.8. The van der Waals surface area contributed by atoms with E-state index in [1.54, 1.807) is 13.0 Å². The van der Waals surface area contributed by atoms with Gasteiger partial charge in [-0.05, 0) is 55.9 Å². The van der Waals surface area contributed by atoms with Gasteiger partial charge in [0.25, 0.3) is 5.91 Å². The highest BCUT2D eigenvalue weighted by Crippen LogP contribution is 2.30. The summed E-state index contributed by atoms with van der Waals surface area (Å²) in [5.74, 6) is 1.85. The molecule has 2 aliphatic heterocycles. The summed E-state index contributed by atoms with van der Waals surface area (Å²) in [6.45, 7) is 9.37. The third kappa shape index (κ3) is 8.24. The lowest BCUT2D eigenvalue weighted by molar-refractivity contribution is -0.129. The molecule has 0 bridgehead atoms. The predicted octanol–water partition coefficient (Wildman–Crippen LogP) is 2.35. The summed E-state index contributed by atoms with van der Waals surface area (Å²) in [6.07, 6.45) is 4.54. The van der Waals surface area contributed by atoms with E-state index in [0.717, 1.165) is 55.1 Å². The number of ether oxygens (including phenoxy) is 1. The quantitative estimate of drug-likeness (QED) is 0.312. The SMILES string of the molecule is CC(=O)N1CCC(Nc2cc(C(=O)NC[C@H](O)CN3CCc4c(ccc(OCc5ocnc5C)c4C)C3)ncn2)CC1.S. The molecule has 0 radical (unpaired) electrons. The number of carbonyl (C=O) groups is 2. The molecule has 3 N–H and O–H groups in total. The molecule has 13 heteroatoms. The normalized spacial score (nSPS) is 16.1. The van der Waals surface area contributed by atoms with Crippen molar-refractivity contribution in [3.05, 3.63) is 64.8 Å². The molecule has 2 aliphatic rings. The van der Waals surface area contributed by atoms with Gasteiger partial charge in [0.05, 0.1) is 11.8 Å². The summed E-state index contributed by atoms with van der Waals surface area (Å²) >= 11 is 0. The number of hydrogen-bond donors (Lipinski definition) is 3. The van der Waals surface area contributed by atoms with Gasteiger partial charge in [0.15, 0.2) is 12.2 Å². The molecule has 5 rings (SSSR count). The number of piperidine rings is 1. The Morgan fingerprint density at radius 3 is 2.67 bits per heavy atom. The maximum Gasteiger partial charge on any atom is 0.270 e. The van der Waals surface area contributed by atoms with Crippen LogP contribution in [0.5, 0.6) is 5.75 Å². The number of aliphatic hydroxyl groups is 1. The number of anilines is 1.